The summed E-state index contributed by atoms with van der Waals surface area (Å²) in [6.45, 7) is 8.07. The van der Waals surface area contributed by atoms with Gasteiger partial charge in [-0.3, -0.25) is 0 Å². The minimum Gasteiger partial charge on any atom is -0.313 e. The molecule has 88 valence electrons. The third-order valence-corrected chi connectivity index (χ3v) is 2.95. The zero-order valence-corrected chi connectivity index (χ0v) is 10.3. The highest BCUT2D eigenvalue weighted by molar-refractivity contribution is 5.30. The Morgan fingerprint density at radius 1 is 1.50 bits per heavy atom. The van der Waals surface area contributed by atoms with Gasteiger partial charge in [-0.2, -0.15) is 0 Å². The van der Waals surface area contributed by atoms with Crippen molar-refractivity contribution >= 4 is 0 Å². The number of hydrogen-bond acceptors (Lipinski definition) is 1. The SMILES string of the molecule is C=C(CC)CC(NC)c1ccc(F)cc1C. The lowest BCUT2D eigenvalue weighted by Crippen LogP contribution is -2.18. The van der Waals surface area contributed by atoms with Crippen molar-refractivity contribution in [3.63, 3.8) is 0 Å². The van der Waals surface area contributed by atoms with Gasteiger partial charge in [-0.1, -0.05) is 25.1 Å². The average Bonchev–Trinajstić information content (AvgIpc) is 2.26. The summed E-state index contributed by atoms with van der Waals surface area (Å²) in [4.78, 5) is 0. The standard InChI is InChI=1S/C14H20FN/c1-5-10(2)8-14(16-4)13-7-6-12(15)9-11(13)3/h6-7,9,14,16H,2,5,8H2,1,3-4H3. The lowest BCUT2D eigenvalue weighted by Gasteiger charge is -2.19. The summed E-state index contributed by atoms with van der Waals surface area (Å²) in [7, 11) is 1.93. The van der Waals surface area contributed by atoms with Crippen molar-refractivity contribution < 1.29 is 4.39 Å². The van der Waals surface area contributed by atoms with Gasteiger partial charge in [-0.15, -0.1) is 0 Å². The van der Waals surface area contributed by atoms with E-state index in [0.717, 1.165) is 24.0 Å². The summed E-state index contributed by atoms with van der Waals surface area (Å²) in [6, 6.07) is 5.18. The molecule has 0 bridgehead atoms. The Bertz CT molecular complexity index is 371. The molecule has 0 aliphatic rings. The molecule has 0 amide bonds. The summed E-state index contributed by atoms with van der Waals surface area (Å²) in [5.41, 5.74) is 3.35. The fourth-order valence-electron chi connectivity index (χ4n) is 1.83. The Balaban J connectivity index is 2.90. The molecule has 1 rings (SSSR count). The van der Waals surface area contributed by atoms with Crippen LogP contribution in [0.1, 0.15) is 36.9 Å². The van der Waals surface area contributed by atoms with Gasteiger partial charge in [0, 0.05) is 6.04 Å². The quantitative estimate of drug-likeness (QED) is 0.747. The average molecular weight is 221 g/mol. The summed E-state index contributed by atoms with van der Waals surface area (Å²) in [5, 5.41) is 3.26. The summed E-state index contributed by atoms with van der Waals surface area (Å²) in [6.07, 6.45) is 1.89. The Morgan fingerprint density at radius 2 is 2.19 bits per heavy atom. The smallest absolute Gasteiger partial charge is 0.123 e. The fourth-order valence-corrected chi connectivity index (χ4v) is 1.83. The molecular weight excluding hydrogens is 201 g/mol. The van der Waals surface area contributed by atoms with E-state index in [4.69, 9.17) is 0 Å². The molecule has 1 atom stereocenters. The van der Waals surface area contributed by atoms with Gasteiger partial charge in [0.2, 0.25) is 0 Å². The summed E-state index contributed by atoms with van der Waals surface area (Å²) < 4.78 is 13.0. The van der Waals surface area contributed by atoms with Gasteiger partial charge < -0.3 is 5.32 Å². The van der Waals surface area contributed by atoms with Crippen LogP contribution in [-0.2, 0) is 0 Å². The third kappa shape index (κ3) is 3.17. The molecule has 1 N–H and O–H groups in total. The van der Waals surface area contributed by atoms with Gasteiger partial charge in [0.05, 0.1) is 0 Å². The second kappa shape index (κ2) is 5.80. The van der Waals surface area contributed by atoms with E-state index in [1.807, 2.05) is 20.0 Å². The molecule has 0 radical (unpaired) electrons. The van der Waals surface area contributed by atoms with E-state index in [-0.39, 0.29) is 11.9 Å². The molecule has 0 spiro atoms. The van der Waals surface area contributed by atoms with Gasteiger partial charge in [-0.25, -0.2) is 4.39 Å². The Morgan fingerprint density at radius 3 is 2.69 bits per heavy atom. The maximum atomic E-state index is 13.0. The van der Waals surface area contributed by atoms with Crippen molar-refractivity contribution in [2.45, 2.75) is 32.7 Å². The number of rotatable bonds is 5. The van der Waals surface area contributed by atoms with E-state index in [9.17, 15) is 4.39 Å². The van der Waals surface area contributed by atoms with Crippen molar-refractivity contribution in [2.24, 2.45) is 0 Å². The maximum Gasteiger partial charge on any atom is 0.123 e. The number of nitrogens with one attached hydrogen (secondary N) is 1. The van der Waals surface area contributed by atoms with E-state index in [1.165, 1.54) is 11.6 Å². The minimum absolute atomic E-state index is 0.176. The molecule has 0 saturated carbocycles. The lowest BCUT2D eigenvalue weighted by molar-refractivity contribution is 0.574. The van der Waals surface area contributed by atoms with Crippen LogP contribution in [0.3, 0.4) is 0 Å². The number of hydrogen-bond donors (Lipinski definition) is 1. The molecule has 1 aromatic rings. The summed E-state index contributed by atoms with van der Waals surface area (Å²) >= 11 is 0. The predicted octanol–water partition coefficient (Wildman–Crippen LogP) is 3.75. The van der Waals surface area contributed by atoms with E-state index >= 15 is 0 Å². The van der Waals surface area contributed by atoms with Crippen LogP contribution in [0.4, 0.5) is 4.39 Å². The highest BCUT2D eigenvalue weighted by Gasteiger charge is 2.12. The second-order valence-corrected chi connectivity index (χ2v) is 4.15. The van der Waals surface area contributed by atoms with Crippen LogP contribution in [0, 0.1) is 12.7 Å². The first-order valence-electron chi connectivity index (χ1n) is 5.68. The molecule has 0 heterocycles. The highest BCUT2D eigenvalue weighted by Crippen LogP contribution is 2.24. The first-order valence-corrected chi connectivity index (χ1v) is 5.68. The molecule has 2 heteroatoms. The molecule has 0 fully saturated rings. The van der Waals surface area contributed by atoms with Crippen LogP contribution >= 0.6 is 0 Å². The van der Waals surface area contributed by atoms with Gasteiger partial charge >= 0.3 is 0 Å². The van der Waals surface area contributed by atoms with Crippen molar-refractivity contribution in [1.82, 2.24) is 5.32 Å². The van der Waals surface area contributed by atoms with E-state index in [2.05, 4.69) is 18.8 Å². The van der Waals surface area contributed by atoms with Gasteiger partial charge in [-0.05, 0) is 50.1 Å². The number of aryl methyl sites for hydroxylation is 1. The first-order chi connectivity index (χ1) is 7.58. The molecule has 0 saturated heterocycles. The lowest BCUT2D eigenvalue weighted by atomic mass is 9.95. The van der Waals surface area contributed by atoms with Gasteiger partial charge in [0.25, 0.3) is 0 Å². The van der Waals surface area contributed by atoms with Gasteiger partial charge in [0.15, 0.2) is 0 Å². The number of benzene rings is 1. The monoisotopic (exact) mass is 221 g/mol. The van der Waals surface area contributed by atoms with Crippen molar-refractivity contribution in [3.05, 3.63) is 47.3 Å². The Kier molecular flexibility index (Phi) is 4.69. The van der Waals surface area contributed by atoms with Crippen LogP contribution in [0.5, 0.6) is 0 Å². The molecular formula is C14H20FN. The largest absolute Gasteiger partial charge is 0.313 e. The first kappa shape index (κ1) is 12.9. The maximum absolute atomic E-state index is 13.0. The molecule has 0 aromatic heterocycles. The molecule has 0 aliphatic heterocycles. The zero-order chi connectivity index (χ0) is 12.1. The van der Waals surface area contributed by atoms with Crippen LogP contribution in [0.25, 0.3) is 0 Å². The number of halogens is 1. The van der Waals surface area contributed by atoms with Crippen molar-refractivity contribution in [2.75, 3.05) is 7.05 Å². The Hall–Kier alpha value is -1.15. The van der Waals surface area contributed by atoms with Gasteiger partial charge in [0.1, 0.15) is 5.82 Å². The third-order valence-electron chi connectivity index (χ3n) is 2.95. The fraction of sp³-hybridized carbons (Fsp3) is 0.429. The molecule has 16 heavy (non-hydrogen) atoms. The zero-order valence-electron chi connectivity index (χ0n) is 10.3. The van der Waals surface area contributed by atoms with Crippen molar-refractivity contribution in [1.29, 1.82) is 0 Å². The topological polar surface area (TPSA) is 12.0 Å². The van der Waals surface area contributed by atoms with Crippen LogP contribution < -0.4 is 5.32 Å². The highest BCUT2D eigenvalue weighted by atomic mass is 19.1. The predicted molar refractivity (Wildman–Crippen MR) is 67.0 cm³/mol. The minimum atomic E-state index is -0.176. The normalized spacial score (nSPS) is 12.5. The summed E-state index contributed by atoms with van der Waals surface area (Å²) in [5.74, 6) is -0.176. The van der Waals surface area contributed by atoms with Crippen LogP contribution in [0.15, 0.2) is 30.4 Å². The second-order valence-electron chi connectivity index (χ2n) is 4.15. The van der Waals surface area contributed by atoms with E-state index in [0.29, 0.717) is 0 Å². The van der Waals surface area contributed by atoms with E-state index < -0.39 is 0 Å². The van der Waals surface area contributed by atoms with Crippen molar-refractivity contribution in [3.8, 4) is 0 Å². The van der Waals surface area contributed by atoms with E-state index in [1.54, 1.807) is 6.07 Å². The van der Waals surface area contributed by atoms with Crippen LogP contribution in [-0.4, -0.2) is 7.05 Å². The van der Waals surface area contributed by atoms with Crippen LogP contribution in [0.2, 0.25) is 0 Å². The molecule has 1 unspecified atom stereocenters. The molecule has 1 aromatic carbocycles. The molecule has 1 nitrogen and oxygen atoms in total. The Labute approximate surface area is 97.4 Å². The molecule has 0 aliphatic carbocycles.